The molecule has 0 spiro atoms. The fourth-order valence-corrected chi connectivity index (χ4v) is 5.61. The summed E-state index contributed by atoms with van der Waals surface area (Å²) in [5.41, 5.74) is 1.87. The smallest absolute Gasteiger partial charge is 0.238 e. The van der Waals surface area contributed by atoms with Crippen LogP contribution in [0.15, 0.2) is 30.6 Å². The van der Waals surface area contributed by atoms with Crippen LogP contribution in [0.25, 0.3) is 22.0 Å². The molecule has 1 aliphatic heterocycles. The van der Waals surface area contributed by atoms with Crippen LogP contribution in [-0.4, -0.2) is 56.8 Å². The first-order chi connectivity index (χ1) is 17.9. The van der Waals surface area contributed by atoms with Gasteiger partial charge in [0.25, 0.3) is 0 Å². The Balaban J connectivity index is 1.83. The fourth-order valence-electron chi connectivity index (χ4n) is 5.06. The maximum absolute atomic E-state index is 15.4. The zero-order valence-electron chi connectivity index (χ0n) is 22.6. The largest absolute Gasteiger partial charge is 0.475 e. The van der Waals surface area contributed by atoms with Gasteiger partial charge in [-0.05, 0) is 25.5 Å². The van der Waals surface area contributed by atoms with Gasteiger partial charge in [-0.15, -0.1) is 0 Å². The van der Waals surface area contributed by atoms with E-state index in [-0.39, 0.29) is 35.7 Å². The van der Waals surface area contributed by atoms with E-state index in [0.29, 0.717) is 35.1 Å². The summed E-state index contributed by atoms with van der Waals surface area (Å²) >= 11 is 0. The van der Waals surface area contributed by atoms with Crippen LogP contribution < -0.4 is 19.7 Å². The number of amides is 1. The molecule has 9 nitrogen and oxygen atoms in total. The van der Waals surface area contributed by atoms with E-state index in [1.807, 2.05) is 27.7 Å². The van der Waals surface area contributed by atoms with Gasteiger partial charge in [-0.2, -0.15) is 0 Å². The number of sulfonamides is 1. The van der Waals surface area contributed by atoms with Gasteiger partial charge in [-0.3, -0.25) is 14.5 Å². The lowest BCUT2D eigenvalue weighted by molar-refractivity contribution is -0.122. The van der Waals surface area contributed by atoms with Gasteiger partial charge in [0.2, 0.25) is 21.8 Å². The summed E-state index contributed by atoms with van der Waals surface area (Å²) < 4.78 is 47.7. The molecule has 3 aromatic rings. The maximum atomic E-state index is 15.4. The van der Waals surface area contributed by atoms with Crippen LogP contribution in [0, 0.1) is 5.82 Å². The number of halogens is 1. The Labute approximate surface area is 222 Å². The Morgan fingerprint density at radius 3 is 2.58 bits per heavy atom. The first-order valence-electron chi connectivity index (χ1n) is 12.6. The van der Waals surface area contributed by atoms with Crippen LogP contribution in [-0.2, 0) is 20.2 Å². The third-order valence-electron chi connectivity index (χ3n) is 6.73. The molecule has 204 valence electrons. The molecule has 38 heavy (non-hydrogen) atoms. The third kappa shape index (κ3) is 5.30. The second-order valence-electron chi connectivity index (χ2n) is 10.2. The number of fused-ring (bicyclic) bond motifs is 3. The van der Waals surface area contributed by atoms with E-state index in [2.05, 4.69) is 20.0 Å². The first kappa shape index (κ1) is 27.7. The molecule has 4 rings (SSSR count). The molecular formula is C27H34FN5O4S. The zero-order chi connectivity index (χ0) is 27.8. The van der Waals surface area contributed by atoms with Crippen molar-refractivity contribution in [3.63, 3.8) is 0 Å². The predicted octanol–water partition coefficient (Wildman–Crippen LogP) is 4.22. The number of hydrogen-bond donors (Lipinski definition) is 2. The number of rotatable bonds is 10. The highest BCUT2D eigenvalue weighted by molar-refractivity contribution is 7.92. The van der Waals surface area contributed by atoms with Crippen molar-refractivity contribution in [1.82, 2.24) is 15.3 Å². The molecule has 1 amide bonds. The number of nitrogens with zero attached hydrogens (tertiary/aromatic N) is 3. The number of anilines is 2. The molecule has 0 saturated heterocycles. The molecule has 1 atom stereocenters. The maximum Gasteiger partial charge on any atom is 0.238 e. The minimum atomic E-state index is -3.66. The van der Waals surface area contributed by atoms with Gasteiger partial charge in [0, 0.05) is 54.0 Å². The highest BCUT2D eigenvalue weighted by atomic mass is 32.2. The summed E-state index contributed by atoms with van der Waals surface area (Å²) in [5.74, 6) is -0.470. The minimum Gasteiger partial charge on any atom is -0.475 e. The standard InChI is InChI=1S/C27H34FN5O4S/c1-7-8-27(4)24-19-12-18(20(28)13-21(19)30-15-23(24)33(5)26(27)34)17-11-22(32-38(6,35)36)25(31-14-17)37-10-9-29-16(2)3/h11-16,29,32H,7-10H2,1-6H3/t27-/m1/s1. The number of pyridine rings is 2. The monoisotopic (exact) mass is 543 g/mol. The molecule has 0 unspecified atom stereocenters. The number of nitrogens with one attached hydrogen (secondary N) is 2. The predicted molar refractivity (Wildman–Crippen MR) is 148 cm³/mol. The lowest BCUT2D eigenvalue weighted by atomic mass is 9.78. The van der Waals surface area contributed by atoms with Crippen molar-refractivity contribution in [1.29, 1.82) is 0 Å². The van der Waals surface area contributed by atoms with Crippen molar-refractivity contribution in [2.45, 2.75) is 52.0 Å². The van der Waals surface area contributed by atoms with E-state index in [4.69, 9.17) is 4.74 Å². The Hall–Kier alpha value is -3.31. The normalized spacial score (nSPS) is 17.4. The Morgan fingerprint density at radius 2 is 1.92 bits per heavy atom. The van der Waals surface area contributed by atoms with E-state index in [1.54, 1.807) is 24.2 Å². The average Bonchev–Trinajstić information content (AvgIpc) is 3.02. The molecule has 0 radical (unpaired) electrons. The summed E-state index contributed by atoms with van der Waals surface area (Å²) in [6.45, 7) is 8.76. The summed E-state index contributed by atoms with van der Waals surface area (Å²) in [4.78, 5) is 23.6. The topological polar surface area (TPSA) is 114 Å². The lowest BCUT2D eigenvalue weighted by Crippen LogP contribution is -2.36. The van der Waals surface area contributed by atoms with Gasteiger partial charge in [-0.25, -0.2) is 17.8 Å². The molecule has 0 aliphatic carbocycles. The second-order valence-corrected chi connectivity index (χ2v) is 12.0. The van der Waals surface area contributed by atoms with Crippen molar-refractivity contribution < 1.29 is 22.3 Å². The lowest BCUT2D eigenvalue weighted by Gasteiger charge is -2.23. The summed E-state index contributed by atoms with van der Waals surface area (Å²) in [6.07, 6.45) is 5.52. The van der Waals surface area contributed by atoms with E-state index in [1.165, 1.54) is 18.3 Å². The van der Waals surface area contributed by atoms with Gasteiger partial charge < -0.3 is 15.0 Å². The molecule has 1 aromatic carbocycles. The number of benzene rings is 1. The third-order valence-corrected chi connectivity index (χ3v) is 7.32. The van der Waals surface area contributed by atoms with Crippen LogP contribution in [0.3, 0.4) is 0 Å². The van der Waals surface area contributed by atoms with Gasteiger partial charge in [-0.1, -0.05) is 27.2 Å². The van der Waals surface area contributed by atoms with E-state index >= 15 is 4.39 Å². The molecule has 2 N–H and O–H groups in total. The van der Waals surface area contributed by atoms with Crippen LogP contribution in [0.5, 0.6) is 5.88 Å². The van der Waals surface area contributed by atoms with E-state index in [0.717, 1.165) is 18.2 Å². The van der Waals surface area contributed by atoms with Crippen LogP contribution in [0.2, 0.25) is 0 Å². The highest BCUT2D eigenvalue weighted by Crippen LogP contribution is 2.47. The van der Waals surface area contributed by atoms with Crippen LogP contribution in [0.1, 0.15) is 46.1 Å². The second kappa shape index (κ2) is 10.5. The quantitative estimate of drug-likeness (QED) is 0.368. The fraction of sp³-hybridized carbons (Fsp3) is 0.444. The van der Waals surface area contributed by atoms with Gasteiger partial charge in [0.1, 0.15) is 18.1 Å². The van der Waals surface area contributed by atoms with Crippen molar-refractivity contribution >= 4 is 38.2 Å². The highest BCUT2D eigenvalue weighted by Gasteiger charge is 2.46. The Bertz CT molecular complexity index is 1490. The van der Waals surface area contributed by atoms with Gasteiger partial charge in [0.05, 0.1) is 29.1 Å². The number of carbonyl (C=O) groups is 1. The van der Waals surface area contributed by atoms with Crippen molar-refractivity contribution in [3.05, 3.63) is 42.0 Å². The van der Waals surface area contributed by atoms with E-state index in [9.17, 15) is 13.2 Å². The van der Waals surface area contributed by atoms with Crippen LogP contribution >= 0.6 is 0 Å². The summed E-state index contributed by atoms with van der Waals surface area (Å²) in [5, 5.41) is 3.88. The summed E-state index contributed by atoms with van der Waals surface area (Å²) in [6, 6.07) is 4.78. The SMILES string of the molecule is CCC[C@@]1(C)C(=O)N(C)c2cnc3cc(F)c(-c4cnc(OCCNC(C)C)c(NS(C)(=O)=O)c4)cc3c21. The van der Waals surface area contributed by atoms with Crippen LogP contribution in [0.4, 0.5) is 15.8 Å². The van der Waals surface area contributed by atoms with E-state index < -0.39 is 21.3 Å². The van der Waals surface area contributed by atoms with Crippen molar-refractivity contribution in [3.8, 4) is 17.0 Å². The van der Waals surface area contributed by atoms with Crippen molar-refractivity contribution in [2.75, 3.05) is 36.1 Å². The number of carbonyl (C=O) groups excluding carboxylic acids is 1. The number of hydrogen-bond acceptors (Lipinski definition) is 7. The van der Waals surface area contributed by atoms with Crippen molar-refractivity contribution in [2.24, 2.45) is 0 Å². The molecule has 0 bridgehead atoms. The number of likely N-dealkylation sites (N-methyl/N-ethyl adjacent to an activating group) is 1. The molecule has 3 heterocycles. The van der Waals surface area contributed by atoms with Gasteiger partial charge in [0.15, 0.2) is 0 Å². The average molecular weight is 544 g/mol. The zero-order valence-corrected chi connectivity index (χ0v) is 23.4. The van der Waals surface area contributed by atoms with Gasteiger partial charge >= 0.3 is 0 Å². The minimum absolute atomic E-state index is 0.0238. The molecule has 0 saturated carbocycles. The number of ether oxygens (including phenoxy) is 1. The summed E-state index contributed by atoms with van der Waals surface area (Å²) in [7, 11) is -1.94. The Morgan fingerprint density at radius 1 is 1.18 bits per heavy atom. The Kier molecular flexibility index (Phi) is 7.62. The first-order valence-corrected chi connectivity index (χ1v) is 14.5. The molecule has 1 aliphatic rings. The molecule has 11 heteroatoms. The number of aromatic nitrogens is 2. The molecular weight excluding hydrogens is 509 g/mol. The molecule has 0 fully saturated rings. The molecule has 2 aromatic heterocycles.